The van der Waals surface area contributed by atoms with Crippen molar-refractivity contribution in [2.75, 3.05) is 0 Å². The van der Waals surface area contributed by atoms with Crippen LogP contribution in [0.2, 0.25) is 0 Å². The molecule has 5 heteroatoms. The number of nitro benzene ring substituents is 1. The van der Waals surface area contributed by atoms with Crippen molar-refractivity contribution in [3.05, 3.63) is 39.7 Å². The second-order valence-corrected chi connectivity index (χ2v) is 2.69. The Kier molecular flexibility index (Phi) is 3.13. The highest BCUT2D eigenvalue weighted by Crippen LogP contribution is 2.20. The van der Waals surface area contributed by atoms with E-state index in [4.69, 9.17) is 5.26 Å². The Bertz CT molecular complexity index is 398. The van der Waals surface area contributed by atoms with E-state index in [1.54, 1.807) is 0 Å². The molecule has 0 saturated carbocycles. The fourth-order valence-corrected chi connectivity index (χ4v) is 1.12. The second kappa shape index (κ2) is 4.33. The van der Waals surface area contributed by atoms with Gasteiger partial charge in [-0.15, -0.1) is 0 Å². The molecule has 1 rings (SSSR count). The molecule has 0 bridgehead atoms. The maximum absolute atomic E-state index is 12.7. The number of halogens is 1. The third-order valence-corrected chi connectivity index (χ3v) is 1.74. The van der Waals surface area contributed by atoms with Gasteiger partial charge in [0.2, 0.25) is 0 Å². The molecule has 0 unspecified atom stereocenters. The molecule has 4 nitrogen and oxygen atoms in total. The summed E-state index contributed by atoms with van der Waals surface area (Å²) in [7, 11) is 0. The van der Waals surface area contributed by atoms with Gasteiger partial charge in [-0.25, -0.2) is 4.39 Å². The molecule has 14 heavy (non-hydrogen) atoms. The lowest BCUT2D eigenvalue weighted by atomic mass is 10.1. The molecular formula is C9H7FN2O2. The van der Waals surface area contributed by atoms with Gasteiger partial charge in [-0.05, 0) is 18.6 Å². The largest absolute Gasteiger partial charge is 0.272 e. The average Bonchev–Trinajstić information content (AvgIpc) is 2.14. The predicted molar refractivity (Wildman–Crippen MR) is 47.0 cm³/mol. The van der Waals surface area contributed by atoms with Gasteiger partial charge in [0.15, 0.2) is 0 Å². The van der Waals surface area contributed by atoms with E-state index in [0.717, 1.165) is 18.2 Å². The van der Waals surface area contributed by atoms with Crippen molar-refractivity contribution in [3.63, 3.8) is 0 Å². The summed E-state index contributed by atoms with van der Waals surface area (Å²) in [5.41, 5.74) is 0.123. The van der Waals surface area contributed by atoms with E-state index >= 15 is 0 Å². The van der Waals surface area contributed by atoms with E-state index in [0.29, 0.717) is 0 Å². The van der Waals surface area contributed by atoms with Crippen molar-refractivity contribution >= 4 is 5.69 Å². The molecule has 0 aliphatic carbocycles. The number of benzene rings is 1. The predicted octanol–water partition coefficient (Wildman–Crippen LogP) is 2.19. The first-order valence-corrected chi connectivity index (χ1v) is 3.95. The average molecular weight is 194 g/mol. The first-order valence-electron chi connectivity index (χ1n) is 3.95. The molecule has 1 aromatic carbocycles. The summed E-state index contributed by atoms with van der Waals surface area (Å²) in [6.07, 6.45) is 0.342. The van der Waals surface area contributed by atoms with E-state index in [-0.39, 0.29) is 24.1 Å². The zero-order chi connectivity index (χ0) is 10.6. The lowest BCUT2D eigenvalue weighted by Gasteiger charge is -1.99. The number of hydrogen-bond donors (Lipinski definition) is 0. The fourth-order valence-electron chi connectivity index (χ4n) is 1.12. The summed E-state index contributed by atoms with van der Waals surface area (Å²) in [4.78, 5) is 9.92. The summed E-state index contributed by atoms with van der Waals surface area (Å²) < 4.78 is 12.7. The Morgan fingerprint density at radius 1 is 1.57 bits per heavy atom. The quantitative estimate of drug-likeness (QED) is 0.547. The molecule has 0 fully saturated rings. The van der Waals surface area contributed by atoms with Crippen LogP contribution in [0, 0.1) is 27.3 Å². The van der Waals surface area contributed by atoms with E-state index in [1.807, 2.05) is 6.07 Å². The van der Waals surface area contributed by atoms with Gasteiger partial charge in [0, 0.05) is 18.1 Å². The third kappa shape index (κ3) is 2.26. The first kappa shape index (κ1) is 10.1. The maximum atomic E-state index is 12.7. The summed E-state index contributed by atoms with van der Waals surface area (Å²) in [6.45, 7) is 0. The van der Waals surface area contributed by atoms with E-state index in [2.05, 4.69) is 0 Å². The zero-order valence-corrected chi connectivity index (χ0v) is 7.24. The molecule has 0 spiro atoms. The SMILES string of the molecule is N#CCCc1cc(F)ccc1[N+](=O)[O-]. The standard InChI is InChI=1S/C9H7FN2O2/c10-8-3-4-9(12(13)14)7(6-8)2-1-5-11/h3-4,6H,1-2H2. The van der Waals surface area contributed by atoms with Gasteiger partial charge in [-0.3, -0.25) is 10.1 Å². The van der Waals surface area contributed by atoms with Crippen LogP contribution in [0.5, 0.6) is 0 Å². The van der Waals surface area contributed by atoms with Crippen molar-refractivity contribution in [2.45, 2.75) is 12.8 Å². The Morgan fingerprint density at radius 3 is 2.86 bits per heavy atom. The van der Waals surface area contributed by atoms with E-state index in [1.165, 1.54) is 0 Å². The number of aryl methyl sites for hydroxylation is 1. The monoisotopic (exact) mass is 194 g/mol. The second-order valence-electron chi connectivity index (χ2n) is 2.69. The van der Waals surface area contributed by atoms with Gasteiger partial charge in [-0.1, -0.05) is 0 Å². The minimum atomic E-state index is -0.577. The first-order chi connectivity index (χ1) is 6.65. The lowest BCUT2D eigenvalue weighted by Crippen LogP contribution is -1.96. The molecule has 0 amide bonds. The molecule has 72 valence electrons. The summed E-state index contributed by atoms with van der Waals surface area (Å²) in [6, 6.07) is 5.10. The van der Waals surface area contributed by atoms with Gasteiger partial charge in [0.1, 0.15) is 5.82 Å². The molecule has 0 atom stereocenters. The number of nitro groups is 1. The van der Waals surface area contributed by atoms with Crippen LogP contribution in [0.1, 0.15) is 12.0 Å². The molecular weight excluding hydrogens is 187 g/mol. The highest BCUT2D eigenvalue weighted by Gasteiger charge is 2.13. The van der Waals surface area contributed by atoms with Crippen molar-refractivity contribution in [3.8, 4) is 6.07 Å². The Morgan fingerprint density at radius 2 is 2.29 bits per heavy atom. The number of hydrogen-bond acceptors (Lipinski definition) is 3. The van der Waals surface area contributed by atoms with Gasteiger partial charge in [0.05, 0.1) is 11.0 Å². The highest BCUT2D eigenvalue weighted by molar-refractivity contribution is 5.40. The molecule has 0 aromatic heterocycles. The minimum Gasteiger partial charge on any atom is -0.258 e. The molecule has 0 aliphatic heterocycles. The van der Waals surface area contributed by atoms with Crippen molar-refractivity contribution in [1.29, 1.82) is 5.26 Å². The molecule has 1 aromatic rings. The summed E-state index contributed by atoms with van der Waals surface area (Å²) in [5.74, 6) is -0.525. The lowest BCUT2D eigenvalue weighted by molar-refractivity contribution is -0.385. The summed E-state index contributed by atoms with van der Waals surface area (Å²) in [5, 5.41) is 18.8. The molecule has 0 saturated heterocycles. The van der Waals surface area contributed by atoms with Crippen LogP contribution in [0.25, 0.3) is 0 Å². The van der Waals surface area contributed by atoms with Gasteiger partial charge in [-0.2, -0.15) is 5.26 Å². The normalized spacial score (nSPS) is 9.43. The Balaban J connectivity index is 3.04. The molecule has 0 heterocycles. The molecule has 0 aliphatic rings. The topological polar surface area (TPSA) is 66.9 Å². The van der Waals surface area contributed by atoms with E-state index in [9.17, 15) is 14.5 Å². The number of rotatable bonds is 3. The van der Waals surface area contributed by atoms with Gasteiger partial charge in [0.25, 0.3) is 5.69 Å². The van der Waals surface area contributed by atoms with Crippen LogP contribution >= 0.6 is 0 Å². The highest BCUT2D eigenvalue weighted by atomic mass is 19.1. The van der Waals surface area contributed by atoms with Crippen LogP contribution in [0.15, 0.2) is 18.2 Å². The Labute approximate surface area is 79.7 Å². The maximum Gasteiger partial charge on any atom is 0.272 e. The Hall–Kier alpha value is -1.96. The summed E-state index contributed by atoms with van der Waals surface area (Å²) >= 11 is 0. The van der Waals surface area contributed by atoms with Gasteiger partial charge < -0.3 is 0 Å². The van der Waals surface area contributed by atoms with E-state index < -0.39 is 10.7 Å². The number of nitrogens with zero attached hydrogens (tertiary/aromatic N) is 2. The zero-order valence-electron chi connectivity index (χ0n) is 7.24. The van der Waals surface area contributed by atoms with Crippen LogP contribution < -0.4 is 0 Å². The molecule has 0 radical (unpaired) electrons. The molecule has 0 N–H and O–H groups in total. The number of nitriles is 1. The van der Waals surface area contributed by atoms with Crippen LogP contribution in [-0.2, 0) is 6.42 Å². The van der Waals surface area contributed by atoms with Crippen molar-refractivity contribution < 1.29 is 9.31 Å². The smallest absolute Gasteiger partial charge is 0.258 e. The third-order valence-electron chi connectivity index (χ3n) is 1.74. The van der Waals surface area contributed by atoms with Crippen LogP contribution in [0.4, 0.5) is 10.1 Å². The van der Waals surface area contributed by atoms with Crippen molar-refractivity contribution in [1.82, 2.24) is 0 Å². The van der Waals surface area contributed by atoms with Gasteiger partial charge >= 0.3 is 0 Å². The minimum absolute atomic E-state index is 0.137. The van der Waals surface area contributed by atoms with Crippen LogP contribution in [-0.4, -0.2) is 4.92 Å². The fraction of sp³-hybridized carbons (Fsp3) is 0.222. The van der Waals surface area contributed by atoms with Crippen molar-refractivity contribution in [2.24, 2.45) is 0 Å². The van der Waals surface area contributed by atoms with Crippen LogP contribution in [0.3, 0.4) is 0 Å².